The summed E-state index contributed by atoms with van der Waals surface area (Å²) in [5, 5.41) is 7.19. The van der Waals surface area contributed by atoms with E-state index in [0.29, 0.717) is 5.92 Å². The van der Waals surface area contributed by atoms with Crippen molar-refractivity contribution in [1.29, 1.82) is 0 Å². The third kappa shape index (κ3) is 7.31. The van der Waals surface area contributed by atoms with E-state index in [4.69, 9.17) is 9.90 Å². The molecule has 0 spiro atoms. The Hall–Kier alpha value is -1.06. The van der Waals surface area contributed by atoms with Gasteiger partial charge < -0.3 is 10.8 Å². The lowest BCUT2D eigenvalue weighted by atomic mass is 9.78. The molecule has 4 nitrogen and oxygen atoms in total. The van der Waals surface area contributed by atoms with Crippen LogP contribution in [-0.4, -0.2) is 17.0 Å². The molecule has 1 amide bonds. The number of carboxylic acid groups (broad SMARTS) is 1. The molecule has 0 fully saturated rings. The van der Waals surface area contributed by atoms with Gasteiger partial charge in [-0.25, -0.2) is 4.79 Å². The SMILES string of the molecule is CC(=O)C(C)(C)C(C)C.NC(=O)O. The largest absolute Gasteiger partial charge is 0.465 e. The first kappa shape index (κ1) is 14.5. The molecule has 0 aliphatic carbocycles. The molecule has 0 aromatic rings. The summed E-state index contributed by atoms with van der Waals surface area (Å²) in [6.45, 7) is 9.77. The van der Waals surface area contributed by atoms with Gasteiger partial charge in [-0.05, 0) is 12.8 Å². The first-order valence-electron chi connectivity index (χ1n) is 4.11. The van der Waals surface area contributed by atoms with Crippen LogP contribution in [0.4, 0.5) is 4.79 Å². The van der Waals surface area contributed by atoms with Gasteiger partial charge >= 0.3 is 6.09 Å². The fourth-order valence-corrected chi connectivity index (χ4v) is 0.407. The van der Waals surface area contributed by atoms with Crippen LogP contribution in [0.25, 0.3) is 0 Å². The fraction of sp³-hybridized carbons (Fsp3) is 0.778. The van der Waals surface area contributed by atoms with E-state index < -0.39 is 6.09 Å². The van der Waals surface area contributed by atoms with E-state index in [1.807, 2.05) is 13.8 Å². The molecule has 0 saturated heterocycles. The number of primary amides is 1. The van der Waals surface area contributed by atoms with Crippen molar-refractivity contribution in [2.24, 2.45) is 17.1 Å². The third-order valence-corrected chi connectivity index (χ3v) is 2.35. The van der Waals surface area contributed by atoms with Gasteiger partial charge in [0.2, 0.25) is 0 Å². The van der Waals surface area contributed by atoms with E-state index in [0.717, 1.165) is 0 Å². The van der Waals surface area contributed by atoms with Gasteiger partial charge in [0.05, 0.1) is 0 Å². The molecule has 0 aromatic carbocycles. The van der Waals surface area contributed by atoms with Crippen molar-refractivity contribution in [3.63, 3.8) is 0 Å². The van der Waals surface area contributed by atoms with Crippen molar-refractivity contribution in [3.05, 3.63) is 0 Å². The van der Waals surface area contributed by atoms with E-state index in [2.05, 4.69) is 19.6 Å². The summed E-state index contributed by atoms with van der Waals surface area (Å²) in [5.41, 5.74) is 3.89. The highest BCUT2D eigenvalue weighted by Gasteiger charge is 2.26. The molecule has 4 heteroatoms. The highest BCUT2D eigenvalue weighted by atomic mass is 16.4. The summed E-state index contributed by atoms with van der Waals surface area (Å²) < 4.78 is 0. The van der Waals surface area contributed by atoms with Gasteiger partial charge in [-0.3, -0.25) is 4.79 Å². The molecule has 0 aliphatic rings. The number of carbonyl (C=O) groups is 2. The number of hydrogen-bond donors (Lipinski definition) is 2. The molecule has 0 radical (unpaired) electrons. The van der Waals surface area contributed by atoms with Crippen LogP contribution in [0.3, 0.4) is 0 Å². The van der Waals surface area contributed by atoms with Crippen molar-refractivity contribution in [2.45, 2.75) is 34.6 Å². The number of amides is 1. The normalized spacial score (nSPS) is 10.3. The maximum absolute atomic E-state index is 10.9. The number of ketones is 1. The zero-order valence-electron chi connectivity index (χ0n) is 8.92. The van der Waals surface area contributed by atoms with E-state index in [-0.39, 0.29) is 11.2 Å². The van der Waals surface area contributed by atoms with Crippen molar-refractivity contribution < 1.29 is 14.7 Å². The van der Waals surface area contributed by atoms with Crippen molar-refractivity contribution >= 4 is 11.9 Å². The van der Waals surface area contributed by atoms with Gasteiger partial charge in [-0.1, -0.05) is 27.7 Å². The molecule has 0 saturated carbocycles. The average Bonchev–Trinajstić information content (AvgIpc) is 1.85. The van der Waals surface area contributed by atoms with Gasteiger partial charge in [0, 0.05) is 5.41 Å². The minimum absolute atomic E-state index is 0.139. The number of Topliss-reactive ketones (excluding diaryl/α,β-unsaturated/α-hetero) is 1. The molecule has 13 heavy (non-hydrogen) atoms. The second-order valence-electron chi connectivity index (χ2n) is 3.77. The molecular weight excluding hydrogens is 170 g/mol. The van der Waals surface area contributed by atoms with Crippen LogP contribution in [0, 0.1) is 11.3 Å². The molecule has 0 heterocycles. The Balaban J connectivity index is 0. The monoisotopic (exact) mass is 189 g/mol. The molecule has 0 aromatic heterocycles. The molecule has 0 bridgehead atoms. The molecular formula is C9H19NO3. The van der Waals surface area contributed by atoms with Crippen LogP contribution in [0.2, 0.25) is 0 Å². The Bertz CT molecular complexity index is 181. The van der Waals surface area contributed by atoms with Gasteiger partial charge in [0.25, 0.3) is 0 Å². The van der Waals surface area contributed by atoms with Gasteiger partial charge in [0.15, 0.2) is 0 Å². The second-order valence-corrected chi connectivity index (χ2v) is 3.77. The first-order valence-corrected chi connectivity index (χ1v) is 4.11. The summed E-state index contributed by atoms with van der Waals surface area (Å²) in [6, 6.07) is 0. The van der Waals surface area contributed by atoms with Crippen LogP contribution < -0.4 is 5.73 Å². The van der Waals surface area contributed by atoms with Gasteiger partial charge in [0.1, 0.15) is 5.78 Å². The lowest BCUT2D eigenvalue weighted by Crippen LogP contribution is -2.27. The summed E-state index contributed by atoms with van der Waals surface area (Å²) >= 11 is 0. The van der Waals surface area contributed by atoms with Crippen molar-refractivity contribution in [1.82, 2.24) is 0 Å². The molecule has 3 N–H and O–H groups in total. The molecule has 0 rings (SSSR count). The number of hydrogen-bond acceptors (Lipinski definition) is 2. The van der Waals surface area contributed by atoms with Crippen LogP contribution in [0.1, 0.15) is 34.6 Å². The van der Waals surface area contributed by atoms with Crippen LogP contribution in [-0.2, 0) is 4.79 Å². The minimum atomic E-state index is -1.33. The molecule has 0 aliphatic heterocycles. The fourth-order valence-electron chi connectivity index (χ4n) is 0.407. The second kappa shape index (κ2) is 5.56. The van der Waals surface area contributed by atoms with Gasteiger partial charge in [-0.15, -0.1) is 0 Å². The van der Waals surface area contributed by atoms with Crippen molar-refractivity contribution in [2.75, 3.05) is 0 Å². The summed E-state index contributed by atoms with van der Waals surface area (Å²) in [7, 11) is 0. The third-order valence-electron chi connectivity index (χ3n) is 2.35. The van der Waals surface area contributed by atoms with Crippen molar-refractivity contribution in [3.8, 4) is 0 Å². The predicted octanol–water partition coefficient (Wildman–Crippen LogP) is 1.88. The highest BCUT2D eigenvalue weighted by Crippen LogP contribution is 2.26. The van der Waals surface area contributed by atoms with E-state index >= 15 is 0 Å². The molecule has 0 unspecified atom stereocenters. The topological polar surface area (TPSA) is 80.4 Å². The van der Waals surface area contributed by atoms with E-state index in [1.54, 1.807) is 6.92 Å². The smallest absolute Gasteiger partial charge is 0.402 e. The Labute approximate surface area is 79.1 Å². The number of nitrogens with two attached hydrogens (primary N) is 1. The summed E-state index contributed by atoms with van der Waals surface area (Å²) in [6.07, 6.45) is -1.33. The van der Waals surface area contributed by atoms with E-state index in [1.165, 1.54) is 0 Å². The number of rotatable bonds is 2. The predicted molar refractivity (Wildman–Crippen MR) is 51.5 cm³/mol. The van der Waals surface area contributed by atoms with E-state index in [9.17, 15) is 4.79 Å². The maximum atomic E-state index is 10.9. The van der Waals surface area contributed by atoms with Crippen LogP contribution in [0.5, 0.6) is 0 Å². The summed E-state index contributed by atoms with van der Waals surface area (Å²) in [4.78, 5) is 19.7. The lowest BCUT2D eigenvalue weighted by Gasteiger charge is -2.25. The average molecular weight is 189 g/mol. The zero-order chi connectivity index (χ0) is 11.2. The van der Waals surface area contributed by atoms with Gasteiger partial charge in [-0.2, -0.15) is 0 Å². The Morgan fingerprint density at radius 3 is 1.54 bits per heavy atom. The molecule has 0 atom stereocenters. The highest BCUT2D eigenvalue weighted by molar-refractivity contribution is 5.81. The maximum Gasteiger partial charge on any atom is 0.402 e. The minimum Gasteiger partial charge on any atom is -0.465 e. The number of carbonyl (C=O) groups excluding carboxylic acids is 1. The van der Waals surface area contributed by atoms with Crippen LogP contribution in [0.15, 0.2) is 0 Å². The Kier molecular flexibility index (Phi) is 6.19. The standard InChI is InChI=1S/C8H16O.CH3NO2/c1-6(2)8(4,5)7(3)9;2-1(3)4/h6H,1-5H3;2H2,(H,3,4). The van der Waals surface area contributed by atoms with Crippen LogP contribution >= 0.6 is 0 Å². The Morgan fingerprint density at radius 1 is 1.31 bits per heavy atom. The quantitative estimate of drug-likeness (QED) is 0.696. The molecule has 78 valence electrons. The lowest BCUT2D eigenvalue weighted by molar-refractivity contribution is -0.126. The summed E-state index contributed by atoms with van der Waals surface area (Å²) in [5.74, 6) is 0.715. The zero-order valence-corrected chi connectivity index (χ0v) is 8.92. The first-order chi connectivity index (χ1) is 5.62. The Morgan fingerprint density at radius 2 is 1.54 bits per heavy atom.